The first-order valence-electron chi connectivity index (χ1n) is 7.99. The molecule has 3 N–H and O–H groups in total. The molecule has 168 valence electrons. The molecule has 0 amide bonds. The minimum absolute atomic E-state index is 0.0741. The maximum absolute atomic E-state index is 10.5. The molecule has 0 aromatic heterocycles. The molecule has 13 heteroatoms. The topological polar surface area (TPSA) is 163 Å². The zero-order chi connectivity index (χ0) is 23.7. The Balaban J connectivity index is 0.000000233. The average Bonchev–Trinajstić information content (AvgIpc) is 2.69. The van der Waals surface area contributed by atoms with E-state index >= 15 is 0 Å². The monoisotopic (exact) mass is 508 g/mol. The van der Waals surface area contributed by atoms with Crippen LogP contribution in [0.25, 0.3) is 0 Å². The number of hydrogen-bond acceptors (Lipinski definition) is 6. The van der Waals surface area contributed by atoms with Gasteiger partial charge in [-0.1, -0.05) is 48.0 Å². The van der Waals surface area contributed by atoms with Crippen molar-refractivity contribution in [3.8, 4) is 0 Å². The lowest BCUT2D eigenvalue weighted by molar-refractivity contribution is 0.481. The molecule has 31 heavy (non-hydrogen) atoms. The van der Waals surface area contributed by atoms with Gasteiger partial charge in [-0.2, -0.15) is 25.3 Å². The van der Waals surface area contributed by atoms with E-state index in [-0.39, 0.29) is 14.7 Å². The Hall–Kier alpha value is -2.32. The van der Waals surface area contributed by atoms with Gasteiger partial charge in [0.05, 0.1) is 14.7 Å². The van der Waals surface area contributed by atoms with E-state index in [1.807, 2.05) is 0 Å². The molecule has 0 radical (unpaired) electrons. The molecular formula is C18H17ClO9S3. The summed E-state index contributed by atoms with van der Waals surface area (Å²) in [6.07, 6.45) is 0. The zero-order valence-corrected chi connectivity index (χ0v) is 18.7. The van der Waals surface area contributed by atoms with Crippen LogP contribution in [0.3, 0.4) is 0 Å². The van der Waals surface area contributed by atoms with Gasteiger partial charge in [0.1, 0.15) is 0 Å². The first kappa shape index (κ1) is 26.7. The Bertz CT molecular complexity index is 1210. The van der Waals surface area contributed by atoms with Gasteiger partial charge < -0.3 is 0 Å². The van der Waals surface area contributed by atoms with Crippen LogP contribution in [0.5, 0.6) is 0 Å². The van der Waals surface area contributed by atoms with Crippen LogP contribution >= 0.6 is 11.6 Å². The third kappa shape index (κ3) is 10.5. The van der Waals surface area contributed by atoms with Crippen LogP contribution in [0.2, 0.25) is 5.02 Å². The van der Waals surface area contributed by atoms with Gasteiger partial charge in [0.15, 0.2) is 0 Å². The van der Waals surface area contributed by atoms with Gasteiger partial charge in [-0.15, -0.1) is 0 Å². The van der Waals surface area contributed by atoms with Crippen LogP contribution in [0.15, 0.2) is 99.6 Å². The van der Waals surface area contributed by atoms with Crippen LogP contribution < -0.4 is 0 Å². The van der Waals surface area contributed by atoms with Crippen LogP contribution in [-0.4, -0.2) is 38.9 Å². The van der Waals surface area contributed by atoms with Crippen molar-refractivity contribution in [3.63, 3.8) is 0 Å². The van der Waals surface area contributed by atoms with Crippen molar-refractivity contribution in [2.75, 3.05) is 0 Å². The highest BCUT2D eigenvalue weighted by Gasteiger charge is 2.07. The second kappa shape index (κ2) is 11.3. The normalized spacial score (nSPS) is 11.4. The highest BCUT2D eigenvalue weighted by molar-refractivity contribution is 7.86. The minimum atomic E-state index is -4.08. The van der Waals surface area contributed by atoms with Gasteiger partial charge in [-0.3, -0.25) is 13.7 Å². The molecule has 3 aromatic carbocycles. The largest absolute Gasteiger partial charge is 0.294 e. The number of benzene rings is 3. The third-order valence-electron chi connectivity index (χ3n) is 3.19. The second-order valence-corrected chi connectivity index (χ2v) is 10.2. The first-order valence-corrected chi connectivity index (χ1v) is 12.7. The number of hydrogen-bond donors (Lipinski definition) is 3. The molecule has 9 nitrogen and oxygen atoms in total. The maximum Gasteiger partial charge on any atom is 0.294 e. The zero-order valence-electron chi connectivity index (χ0n) is 15.5. The fourth-order valence-electron chi connectivity index (χ4n) is 1.79. The molecule has 0 aliphatic heterocycles. The molecule has 0 aliphatic carbocycles. The molecule has 0 saturated heterocycles. The van der Waals surface area contributed by atoms with Gasteiger partial charge in [0.2, 0.25) is 0 Å². The van der Waals surface area contributed by atoms with E-state index in [4.69, 9.17) is 25.3 Å². The maximum atomic E-state index is 10.5. The fourth-order valence-corrected chi connectivity index (χ4v) is 3.40. The quantitative estimate of drug-likeness (QED) is 0.449. The fraction of sp³-hybridized carbons (Fsp3) is 0. The molecule has 0 aliphatic rings. The lowest BCUT2D eigenvalue weighted by atomic mass is 10.4. The SMILES string of the molecule is O=S(=O)(O)c1ccc(Cl)cc1.O=S(=O)(O)c1ccccc1.O=S(=O)(O)c1ccccc1. The van der Waals surface area contributed by atoms with Crippen molar-refractivity contribution < 1.29 is 38.9 Å². The van der Waals surface area contributed by atoms with Gasteiger partial charge in [0.25, 0.3) is 30.4 Å². The lowest BCUT2D eigenvalue weighted by Crippen LogP contribution is -1.96. The Kier molecular flexibility index (Phi) is 9.77. The van der Waals surface area contributed by atoms with Crippen LogP contribution in [-0.2, 0) is 30.4 Å². The summed E-state index contributed by atoms with van der Waals surface area (Å²) in [4.78, 5) is -0.299. The standard InChI is InChI=1S/C6H5ClO3S.2C6H6O3S/c7-5-1-3-6(4-2-5)11(8,9)10;2*7-10(8,9)6-4-2-1-3-5-6/h1-4H,(H,8,9,10);2*1-5H,(H,7,8,9). The summed E-state index contributed by atoms with van der Waals surface area (Å²) in [6, 6.07) is 20.1. The predicted octanol–water partition coefficient (Wildman–Crippen LogP) is 3.45. The van der Waals surface area contributed by atoms with E-state index < -0.39 is 30.4 Å². The molecule has 0 fully saturated rings. The molecule has 0 atom stereocenters. The third-order valence-corrected chi connectivity index (χ3v) is 6.05. The van der Waals surface area contributed by atoms with Gasteiger partial charge in [0, 0.05) is 5.02 Å². The molecule has 0 bridgehead atoms. The van der Waals surface area contributed by atoms with E-state index in [0.717, 1.165) is 0 Å². The number of rotatable bonds is 3. The Labute approximate surface area is 185 Å². The van der Waals surface area contributed by atoms with Crippen molar-refractivity contribution in [1.29, 1.82) is 0 Å². The van der Waals surface area contributed by atoms with E-state index in [1.54, 1.807) is 36.4 Å². The van der Waals surface area contributed by atoms with E-state index in [9.17, 15) is 25.3 Å². The predicted molar refractivity (Wildman–Crippen MR) is 114 cm³/mol. The molecule has 0 unspecified atom stereocenters. The van der Waals surface area contributed by atoms with Crippen molar-refractivity contribution in [2.24, 2.45) is 0 Å². The summed E-state index contributed by atoms with van der Waals surface area (Å²) >= 11 is 5.49. The number of halogens is 1. The highest BCUT2D eigenvalue weighted by atomic mass is 35.5. The molecule has 3 rings (SSSR count). The van der Waals surface area contributed by atoms with Crippen molar-refractivity contribution in [3.05, 3.63) is 90.0 Å². The van der Waals surface area contributed by atoms with Crippen molar-refractivity contribution >= 4 is 42.0 Å². The Morgan fingerprint density at radius 2 is 0.710 bits per heavy atom. The van der Waals surface area contributed by atoms with Crippen LogP contribution in [0, 0.1) is 0 Å². The Morgan fingerprint density at radius 3 is 0.935 bits per heavy atom. The smallest absolute Gasteiger partial charge is 0.282 e. The minimum Gasteiger partial charge on any atom is -0.282 e. The van der Waals surface area contributed by atoms with Gasteiger partial charge >= 0.3 is 0 Å². The highest BCUT2D eigenvalue weighted by Crippen LogP contribution is 2.13. The second-order valence-electron chi connectivity index (χ2n) is 5.51. The summed E-state index contributed by atoms with van der Waals surface area (Å²) < 4.78 is 87.9. The Morgan fingerprint density at radius 1 is 0.452 bits per heavy atom. The summed E-state index contributed by atoms with van der Waals surface area (Å²) in [5.74, 6) is 0. The van der Waals surface area contributed by atoms with Gasteiger partial charge in [-0.05, 0) is 48.5 Å². The van der Waals surface area contributed by atoms with Crippen LogP contribution in [0.4, 0.5) is 0 Å². The van der Waals surface area contributed by atoms with Crippen molar-refractivity contribution in [2.45, 2.75) is 14.7 Å². The first-order chi connectivity index (χ1) is 14.2. The summed E-state index contributed by atoms with van der Waals surface area (Å²) in [6.45, 7) is 0. The van der Waals surface area contributed by atoms with E-state index in [2.05, 4.69) is 0 Å². The van der Waals surface area contributed by atoms with Gasteiger partial charge in [-0.25, -0.2) is 0 Å². The average molecular weight is 509 g/mol. The molecule has 0 spiro atoms. The lowest BCUT2D eigenvalue weighted by Gasteiger charge is -1.94. The summed E-state index contributed by atoms with van der Waals surface area (Å²) in [5.41, 5.74) is 0. The van der Waals surface area contributed by atoms with E-state index in [1.165, 1.54) is 48.5 Å². The summed E-state index contributed by atoms with van der Waals surface area (Å²) in [5, 5.41) is 0.428. The van der Waals surface area contributed by atoms with E-state index in [0.29, 0.717) is 5.02 Å². The molecule has 0 heterocycles. The molecule has 3 aromatic rings. The summed E-state index contributed by atoms with van der Waals surface area (Å²) in [7, 11) is -12.1. The molecular weight excluding hydrogens is 492 g/mol. The van der Waals surface area contributed by atoms with Crippen LogP contribution in [0.1, 0.15) is 0 Å². The molecule has 0 saturated carbocycles. The van der Waals surface area contributed by atoms with Crippen molar-refractivity contribution in [1.82, 2.24) is 0 Å².